The molecule has 0 fully saturated rings. The van der Waals surface area contributed by atoms with Crippen LogP contribution in [0.5, 0.6) is 11.5 Å². The van der Waals surface area contributed by atoms with Gasteiger partial charge in [0.1, 0.15) is 17.3 Å². The van der Waals surface area contributed by atoms with E-state index in [0.717, 1.165) is 33.9 Å². The third-order valence-corrected chi connectivity index (χ3v) is 5.72. The number of fused-ring (bicyclic) bond motifs is 1. The van der Waals surface area contributed by atoms with Crippen LogP contribution in [0.25, 0.3) is 17.2 Å². The molecule has 33 heavy (non-hydrogen) atoms. The van der Waals surface area contributed by atoms with Crippen LogP contribution in [-0.4, -0.2) is 45.1 Å². The highest BCUT2D eigenvalue weighted by molar-refractivity contribution is 5.95. The number of amides is 1. The lowest BCUT2D eigenvalue weighted by Crippen LogP contribution is -2.25. The zero-order chi connectivity index (χ0) is 22.9. The van der Waals surface area contributed by atoms with Gasteiger partial charge < -0.3 is 14.8 Å². The lowest BCUT2D eigenvalue weighted by atomic mass is 9.86. The lowest BCUT2D eigenvalue weighted by Gasteiger charge is -2.24. The molecule has 2 aromatic carbocycles. The minimum Gasteiger partial charge on any atom is -0.497 e. The van der Waals surface area contributed by atoms with Gasteiger partial charge in [-0.15, -0.1) is 5.10 Å². The number of carbonyl (C=O) groups excluding carboxylic acids is 1. The Hall–Kier alpha value is -4.27. The Morgan fingerprint density at radius 3 is 2.61 bits per heavy atom. The molecule has 1 amide bonds. The van der Waals surface area contributed by atoms with Gasteiger partial charge in [-0.1, -0.05) is 24.3 Å². The molecule has 0 bridgehead atoms. The van der Waals surface area contributed by atoms with Crippen LogP contribution in [0.4, 0.5) is 5.82 Å². The number of ether oxygens (including phenoxy) is 2. The number of nitrogens with one attached hydrogen (secondary N) is 1. The molecule has 1 atom stereocenters. The Morgan fingerprint density at radius 1 is 1.06 bits per heavy atom. The van der Waals surface area contributed by atoms with Gasteiger partial charge in [-0.2, -0.15) is 14.9 Å². The van der Waals surface area contributed by atoms with Crippen molar-refractivity contribution in [2.75, 3.05) is 19.5 Å². The Bertz CT molecular complexity index is 1330. The zero-order valence-electron chi connectivity index (χ0n) is 18.4. The van der Waals surface area contributed by atoms with Gasteiger partial charge in [0, 0.05) is 23.5 Å². The molecule has 4 aromatic rings. The van der Waals surface area contributed by atoms with Crippen LogP contribution in [0.15, 0.2) is 54.7 Å². The molecule has 0 saturated heterocycles. The van der Waals surface area contributed by atoms with Crippen molar-refractivity contribution in [3.63, 3.8) is 0 Å². The van der Waals surface area contributed by atoms with E-state index in [1.54, 1.807) is 25.1 Å². The highest BCUT2D eigenvalue weighted by atomic mass is 16.5. The largest absolute Gasteiger partial charge is 0.497 e. The number of aryl methyl sites for hydroxylation is 1. The molecule has 9 heteroatoms. The van der Waals surface area contributed by atoms with E-state index in [-0.39, 0.29) is 17.8 Å². The zero-order valence-corrected chi connectivity index (χ0v) is 18.4. The van der Waals surface area contributed by atoms with Crippen LogP contribution in [0, 0.1) is 6.92 Å². The fraction of sp³-hybridized carbons (Fsp3) is 0.208. The van der Waals surface area contributed by atoms with Crippen LogP contribution < -0.4 is 14.8 Å². The number of hydrogen-bond acceptors (Lipinski definition) is 7. The first-order valence-electron chi connectivity index (χ1n) is 10.4. The second-order valence-electron chi connectivity index (χ2n) is 7.71. The van der Waals surface area contributed by atoms with E-state index in [1.807, 2.05) is 55.5 Å². The van der Waals surface area contributed by atoms with Gasteiger partial charge in [0.25, 0.3) is 5.95 Å². The number of aromatic nitrogens is 5. The highest BCUT2D eigenvalue weighted by Crippen LogP contribution is 2.40. The van der Waals surface area contributed by atoms with Crippen LogP contribution in [0.1, 0.15) is 29.2 Å². The molecule has 0 unspecified atom stereocenters. The molecule has 9 nitrogen and oxygen atoms in total. The van der Waals surface area contributed by atoms with E-state index in [0.29, 0.717) is 17.9 Å². The molecule has 0 radical (unpaired) electrons. The first-order valence-corrected chi connectivity index (χ1v) is 10.4. The first kappa shape index (κ1) is 20.6. The molecule has 3 heterocycles. The minimum absolute atomic E-state index is 0.0959. The Kier molecular flexibility index (Phi) is 5.21. The fourth-order valence-corrected chi connectivity index (χ4v) is 4.12. The molecule has 1 N–H and O–H groups in total. The highest BCUT2D eigenvalue weighted by Gasteiger charge is 2.33. The average Bonchev–Trinajstić information content (AvgIpc) is 3.19. The number of anilines is 1. The van der Waals surface area contributed by atoms with Crippen molar-refractivity contribution in [2.24, 2.45) is 0 Å². The van der Waals surface area contributed by atoms with Crippen LogP contribution in [0.2, 0.25) is 0 Å². The summed E-state index contributed by atoms with van der Waals surface area (Å²) in [5.41, 5.74) is 4.20. The number of nitrogens with zero attached hydrogens (tertiary/aromatic N) is 5. The Morgan fingerprint density at radius 2 is 1.85 bits per heavy atom. The van der Waals surface area contributed by atoms with Gasteiger partial charge in [0.2, 0.25) is 5.91 Å². The molecule has 2 aromatic heterocycles. The van der Waals surface area contributed by atoms with Crippen molar-refractivity contribution in [1.29, 1.82) is 0 Å². The summed E-state index contributed by atoms with van der Waals surface area (Å²) in [7, 11) is 3.24. The van der Waals surface area contributed by atoms with Gasteiger partial charge in [0.15, 0.2) is 0 Å². The number of rotatable bonds is 5. The second kappa shape index (κ2) is 8.34. The van der Waals surface area contributed by atoms with Gasteiger partial charge in [-0.25, -0.2) is 4.98 Å². The van der Waals surface area contributed by atoms with Crippen LogP contribution >= 0.6 is 0 Å². The molecule has 1 aliphatic heterocycles. The van der Waals surface area contributed by atoms with Crippen molar-refractivity contribution < 1.29 is 14.3 Å². The molecular formula is C24H22N6O3. The van der Waals surface area contributed by atoms with Crippen LogP contribution in [-0.2, 0) is 4.79 Å². The molecule has 166 valence electrons. The summed E-state index contributed by atoms with van der Waals surface area (Å²) in [4.78, 5) is 17.3. The van der Waals surface area contributed by atoms with Crippen LogP contribution in [0.3, 0.4) is 0 Å². The van der Waals surface area contributed by atoms with Gasteiger partial charge >= 0.3 is 0 Å². The van der Waals surface area contributed by atoms with E-state index in [2.05, 4.69) is 25.6 Å². The maximum absolute atomic E-state index is 12.6. The Balaban J connectivity index is 1.58. The summed E-state index contributed by atoms with van der Waals surface area (Å²) in [6, 6.07) is 15.3. The molecule has 0 saturated carbocycles. The van der Waals surface area contributed by atoms with E-state index in [4.69, 9.17) is 9.47 Å². The van der Waals surface area contributed by atoms with E-state index < -0.39 is 0 Å². The SMILES string of the molecule is COc1ccc([C@@H]2CC(=O)Nc3c2c(C)nn3-c2nncc(-c3cccc(OC)c3)n2)cc1. The summed E-state index contributed by atoms with van der Waals surface area (Å²) in [5, 5.41) is 15.9. The van der Waals surface area contributed by atoms with E-state index >= 15 is 0 Å². The number of methoxy groups -OCH3 is 2. The van der Waals surface area contributed by atoms with Crippen molar-refractivity contribution in [2.45, 2.75) is 19.3 Å². The van der Waals surface area contributed by atoms with Crippen molar-refractivity contribution in [1.82, 2.24) is 25.0 Å². The third-order valence-electron chi connectivity index (χ3n) is 5.72. The molecule has 5 rings (SSSR count). The standard InChI is InChI=1S/C24H22N6O3/c1-14-22-19(15-7-9-17(32-2)10-8-15)12-21(31)27-23(22)30(29-14)24-26-20(13-25-28-24)16-5-4-6-18(11-16)33-3/h4-11,13,19H,12H2,1-3H3,(H,27,31)/t19-/m0/s1. The summed E-state index contributed by atoms with van der Waals surface area (Å²) < 4.78 is 12.1. The van der Waals surface area contributed by atoms with Crippen molar-refractivity contribution >= 4 is 11.7 Å². The number of carbonyl (C=O) groups is 1. The van der Waals surface area contributed by atoms with Gasteiger partial charge in [-0.05, 0) is 36.8 Å². The third kappa shape index (κ3) is 3.78. The summed E-state index contributed by atoms with van der Waals surface area (Å²) in [5.74, 6) is 2.09. The van der Waals surface area contributed by atoms with Gasteiger partial charge in [-0.3, -0.25) is 4.79 Å². The molecule has 1 aliphatic rings. The fourth-order valence-electron chi connectivity index (χ4n) is 4.12. The normalized spacial score (nSPS) is 15.0. The molecule has 0 aliphatic carbocycles. The van der Waals surface area contributed by atoms with Crippen molar-refractivity contribution in [3.05, 3.63) is 71.5 Å². The minimum atomic E-state index is -0.136. The monoisotopic (exact) mass is 442 g/mol. The topological polar surface area (TPSA) is 104 Å². The van der Waals surface area contributed by atoms with Crippen molar-refractivity contribution in [3.8, 4) is 28.7 Å². The van der Waals surface area contributed by atoms with E-state index in [9.17, 15) is 4.79 Å². The molecular weight excluding hydrogens is 420 g/mol. The number of hydrogen-bond donors (Lipinski definition) is 1. The predicted molar refractivity (Wildman–Crippen MR) is 122 cm³/mol. The molecule has 0 spiro atoms. The lowest BCUT2D eigenvalue weighted by molar-refractivity contribution is -0.116. The summed E-state index contributed by atoms with van der Waals surface area (Å²) in [6.07, 6.45) is 1.91. The average molecular weight is 442 g/mol. The maximum Gasteiger partial charge on any atom is 0.272 e. The predicted octanol–water partition coefficient (Wildman–Crippen LogP) is 3.52. The van der Waals surface area contributed by atoms with E-state index in [1.165, 1.54) is 0 Å². The maximum atomic E-state index is 12.6. The second-order valence-corrected chi connectivity index (χ2v) is 7.71. The quantitative estimate of drug-likeness (QED) is 0.504. The van der Waals surface area contributed by atoms with Gasteiger partial charge in [0.05, 0.1) is 31.8 Å². The first-order chi connectivity index (χ1) is 16.1. The summed E-state index contributed by atoms with van der Waals surface area (Å²) in [6.45, 7) is 1.92. The smallest absolute Gasteiger partial charge is 0.272 e. The summed E-state index contributed by atoms with van der Waals surface area (Å²) >= 11 is 0. The number of benzene rings is 2. The Labute approximate surface area is 190 Å².